The molecule has 2 aromatic rings. The van der Waals surface area contributed by atoms with E-state index in [0.717, 1.165) is 29.8 Å². The number of nitro groups is 1. The van der Waals surface area contributed by atoms with Gasteiger partial charge in [0.2, 0.25) is 15.9 Å². The maximum Gasteiger partial charge on any atom is 0.269 e. The lowest BCUT2D eigenvalue weighted by Crippen LogP contribution is -2.38. The smallest absolute Gasteiger partial charge is 0.269 e. The van der Waals surface area contributed by atoms with E-state index >= 15 is 0 Å². The van der Waals surface area contributed by atoms with Crippen molar-refractivity contribution in [2.24, 2.45) is 0 Å². The number of non-ortho nitro benzene ring substituents is 1. The van der Waals surface area contributed by atoms with Crippen LogP contribution in [0.3, 0.4) is 0 Å². The van der Waals surface area contributed by atoms with E-state index in [1.807, 2.05) is 44.2 Å². The van der Waals surface area contributed by atoms with Crippen LogP contribution in [0, 0.1) is 10.1 Å². The van der Waals surface area contributed by atoms with Gasteiger partial charge in [0.25, 0.3) is 5.69 Å². The number of hydrogen-bond acceptors (Lipinski definition) is 5. The highest BCUT2D eigenvalue weighted by atomic mass is 32.2. The summed E-state index contributed by atoms with van der Waals surface area (Å²) in [6.07, 6.45) is 0.0111. The van der Waals surface area contributed by atoms with Crippen molar-refractivity contribution in [2.75, 3.05) is 6.54 Å². The monoisotopic (exact) mass is 405 g/mol. The lowest BCUT2D eigenvalue weighted by molar-refractivity contribution is -0.384. The Morgan fingerprint density at radius 2 is 1.71 bits per heavy atom. The van der Waals surface area contributed by atoms with Crippen LogP contribution >= 0.6 is 0 Å². The fourth-order valence-electron chi connectivity index (χ4n) is 2.61. The summed E-state index contributed by atoms with van der Waals surface area (Å²) in [7, 11) is -3.85. The van der Waals surface area contributed by atoms with Crippen LogP contribution < -0.4 is 4.72 Å². The molecule has 2 rings (SSSR count). The summed E-state index contributed by atoms with van der Waals surface area (Å²) >= 11 is 0. The zero-order chi connectivity index (χ0) is 20.7. The normalized spacial score (nSPS) is 11.4. The summed E-state index contributed by atoms with van der Waals surface area (Å²) in [5, 5.41) is 10.7. The van der Waals surface area contributed by atoms with Crippen LogP contribution in [-0.2, 0) is 21.4 Å². The van der Waals surface area contributed by atoms with Crippen LogP contribution in [0.1, 0.15) is 25.8 Å². The van der Waals surface area contributed by atoms with Crippen LogP contribution in [0.4, 0.5) is 5.69 Å². The Morgan fingerprint density at radius 3 is 2.25 bits per heavy atom. The van der Waals surface area contributed by atoms with Gasteiger partial charge in [-0.05, 0) is 31.5 Å². The maximum absolute atomic E-state index is 12.5. The summed E-state index contributed by atoms with van der Waals surface area (Å²) in [6.45, 7) is 4.20. The third kappa shape index (κ3) is 5.86. The Labute approximate surface area is 164 Å². The molecule has 0 heterocycles. The van der Waals surface area contributed by atoms with E-state index in [1.54, 1.807) is 4.90 Å². The van der Waals surface area contributed by atoms with Crippen molar-refractivity contribution in [1.82, 2.24) is 9.62 Å². The molecule has 0 aliphatic rings. The number of rotatable bonds is 9. The lowest BCUT2D eigenvalue weighted by Gasteiger charge is -2.27. The van der Waals surface area contributed by atoms with Crippen LogP contribution in [0.15, 0.2) is 59.5 Å². The van der Waals surface area contributed by atoms with E-state index in [2.05, 4.69) is 4.72 Å². The van der Waals surface area contributed by atoms with Crippen LogP contribution in [0.5, 0.6) is 0 Å². The molecule has 8 nitrogen and oxygen atoms in total. The number of nitro benzene ring substituents is 1. The lowest BCUT2D eigenvalue weighted by atomic mass is 10.2. The minimum absolute atomic E-state index is 0.0111. The minimum atomic E-state index is -3.85. The quantitative estimate of drug-likeness (QED) is 0.509. The van der Waals surface area contributed by atoms with Gasteiger partial charge in [0, 0.05) is 37.7 Å². The number of nitrogens with one attached hydrogen (secondary N) is 1. The van der Waals surface area contributed by atoms with Crippen LogP contribution in [0.25, 0.3) is 0 Å². The van der Waals surface area contributed by atoms with E-state index in [-0.39, 0.29) is 35.5 Å². The molecular formula is C19H23N3O5S. The predicted octanol–water partition coefficient (Wildman–Crippen LogP) is 2.70. The molecule has 0 saturated heterocycles. The number of carbonyl (C=O) groups excluding carboxylic acids is 1. The number of nitrogens with zero attached hydrogens (tertiary/aromatic N) is 2. The molecule has 0 fully saturated rings. The molecule has 0 unspecified atom stereocenters. The number of benzene rings is 2. The van der Waals surface area contributed by atoms with Crippen molar-refractivity contribution in [1.29, 1.82) is 0 Å². The highest BCUT2D eigenvalue weighted by molar-refractivity contribution is 7.89. The minimum Gasteiger partial charge on any atom is -0.336 e. The first kappa shape index (κ1) is 21.5. The largest absolute Gasteiger partial charge is 0.336 e. The van der Waals surface area contributed by atoms with Crippen LogP contribution in [-0.4, -0.2) is 36.7 Å². The molecule has 0 aliphatic heterocycles. The molecule has 1 amide bonds. The Kier molecular flexibility index (Phi) is 7.24. The van der Waals surface area contributed by atoms with Gasteiger partial charge in [0.1, 0.15) is 0 Å². The summed E-state index contributed by atoms with van der Waals surface area (Å²) < 4.78 is 26.9. The van der Waals surface area contributed by atoms with Gasteiger partial charge < -0.3 is 4.90 Å². The summed E-state index contributed by atoms with van der Waals surface area (Å²) in [4.78, 5) is 24.2. The highest BCUT2D eigenvalue weighted by Crippen LogP contribution is 2.16. The summed E-state index contributed by atoms with van der Waals surface area (Å²) in [5.41, 5.74) is 0.804. The van der Waals surface area contributed by atoms with Crippen molar-refractivity contribution in [3.63, 3.8) is 0 Å². The average Bonchev–Trinajstić information content (AvgIpc) is 2.66. The molecule has 0 aliphatic carbocycles. The zero-order valence-electron chi connectivity index (χ0n) is 15.7. The van der Waals surface area contributed by atoms with Crippen molar-refractivity contribution < 1.29 is 18.1 Å². The Hall–Kier alpha value is -2.78. The van der Waals surface area contributed by atoms with E-state index < -0.39 is 14.9 Å². The number of hydrogen-bond donors (Lipinski definition) is 1. The fraction of sp³-hybridized carbons (Fsp3) is 0.316. The second kappa shape index (κ2) is 9.43. The van der Waals surface area contributed by atoms with Gasteiger partial charge in [0.05, 0.1) is 9.82 Å². The maximum atomic E-state index is 12.5. The number of sulfonamides is 1. The molecule has 1 N–H and O–H groups in total. The topological polar surface area (TPSA) is 110 Å². The number of carbonyl (C=O) groups is 1. The first-order chi connectivity index (χ1) is 13.2. The third-order valence-corrected chi connectivity index (χ3v) is 5.61. The van der Waals surface area contributed by atoms with Crippen molar-refractivity contribution in [3.8, 4) is 0 Å². The number of amides is 1. The van der Waals surface area contributed by atoms with E-state index in [4.69, 9.17) is 0 Å². The Bertz CT molecular complexity index is 912. The second-order valence-electron chi connectivity index (χ2n) is 6.50. The molecule has 0 aromatic heterocycles. The highest BCUT2D eigenvalue weighted by Gasteiger charge is 2.19. The molecule has 28 heavy (non-hydrogen) atoms. The van der Waals surface area contributed by atoms with Gasteiger partial charge in [-0.2, -0.15) is 0 Å². The molecule has 9 heteroatoms. The first-order valence-electron chi connectivity index (χ1n) is 8.78. The van der Waals surface area contributed by atoms with Crippen molar-refractivity contribution >= 4 is 21.6 Å². The second-order valence-corrected chi connectivity index (χ2v) is 8.27. The van der Waals surface area contributed by atoms with E-state index in [0.29, 0.717) is 6.54 Å². The first-order valence-corrected chi connectivity index (χ1v) is 10.3. The Morgan fingerprint density at radius 1 is 1.11 bits per heavy atom. The molecule has 150 valence electrons. The molecule has 2 aromatic carbocycles. The third-order valence-electron chi connectivity index (χ3n) is 4.13. The van der Waals surface area contributed by atoms with Crippen molar-refractivity contribution in [3.05, 3.63) is 70.3 Å². The Balaban J connectivity index is 1.95. The van der Waals surface area contributed by atoms with Gasteiger partial charge in [-0.25, -0.2) is 13.1 Å². The van der Waals surface area contributed by atoms with Gasteiger partial charge in [0.15, 0.2) is 0 Å². The summed E-state index contributed by atoms with van der Waals surface area (Å²) in [5.74, 6) is -0.162. The van der Waals surface area contributed by atoms with Gasteiger partial charge in [-0.15, -0.1) is 0 Å². The summed E-state index contributed by atoms with van der Waals surface area (Å²) in [6, 6.07) is 14.1. The molecular weight excluding hydrogens is 382 g/mol. The molecule has 0 spiro atoms. The van der Waals surface area contributed by atoms with Gasteiger partial charge in [-0.3, -0.25) is 14.9 Å². The fourth-order valence-corrected chi connectivity index (χ4v) is 3.64. The van der Waals surface area contributed by atoms with Gasteiger partial charge in [-0.1, -0.05) is 30.3 Å². The predicted molar refractivity (Wildman–Crippen MR) is 105 cm³/mol. The zero-order valence-corrected chi connectivity index (χ0v) is 16.6. The standard InChI is InChI=1S/C19H23N3O5S/c1-15(2)21(14-16-6-4-3-5-7-16)19(23)12-13-20-28(26,27)18-10-8-17(9-11-18)22(24)25/h3-11,15,20H,12-14H2,1-2H3. The van der Waals surface area contributed by atoms with Crippen molar-refractivity contribution in [2.45, 2.75) is 37.8 Å². The van der Waals surface area contributed by atoms with Crippen LogP contribution in [0.2, 0.25) is 0 Å². The average molecular weight is 405 g/mol. The van der Waals surface area contributed by atoms with E-state index in [1.165, 1.54) is 0 Å². The molecule has 0 saturated carbocycles. The van der Waals surface area contributed by atoms with E-state index in [9.17, 15) is 23.3 Å². The van der Waals surface area contributed by atoms with Gasteiger partial charge >= 0.3 is 0 Å². The molecule has 0 atom stereocenters. The molecule has 0 radical (unpaired) electrons. The SMILES string of the molecule is CC(C)N(Cc1ccccc1)C(=O)CCNS(=O)(=O)c1ccc([N+](=O)[O-])cc1. The molecule has 0 bridgehead atoms.